The zero-order chi connectivity index (χ0) is 19.1. The van der Waals surface area contributed by atoms with E-state index < -0.39 is 0 Å². The topological polar surface area (TPSA) is 65.1 Å². The van der Waals surface area contributed by atoms with Gasteiger partial charge in [-0.1, -0.05) is 23.7 Å². The minimum atomic E-state index is -0.379. The van der Waals surface area contributed by atoms with Gasteiger partial charge in [0.1, 0.15) is 0 Å². The van der Waals surface area contributed by atoms with E-state index in [0.717, 1.165) is 37.4 Å². The third-order valence-electron chi connectivity index (χ3n) is 5.21. The van der Waals surface area contributed by atoms with Crippen LogP contribution in [0.5, 0.6) is 0 Å². The summed E-state index contributed by atoms with van der Waals surface area (Å²) in [7, 11) is 3.50. The molecule has 3 heterocycles. The number of benzene rings is 1. The summed E-state index contributed by atoms with van der Waals surface area (Å²) < 4.78 is 4.52. The van der Waals surface area contributed by atoms with Crippen LogP contribution < -0.4 is 16.1 Å². The van der Waals surface area contributed by atoms with Crippen LogP contribution in [-0.4, -0.2) is 31.8 Å². The molecule has 0 N–H and O–H groups in total. The standard InChI is InChI=1S/C19H22ClN5O2/c1-22-15-16(21-18(22)24-9-4-3-5-10-24)23(2)19(27)25(17(15)26)12-13-7-6-8-14(20)11-13/h6-8,11H,3-5,9-10,12H2,1-2H3. The van der Waals surface area contributed by atoms with Crippen molar-refractivity contribution >= 4 is 28.7 Å². The van der Waals surface area contributed by atoms with Crippen molar-refractivity contribution in [2.45, 2.75) is 25.8 Å². The summed E-state index contributed by atoms with van der Waals surface area (Å²) in [5, 5.41) is 0.575. The third-order valence-corrected chi connectivity index (χ3v) is 5.44. The van der Waals surface area contributed by atoms with E-state index in [1.807, 2.05) is 23.7 Å². The number of fused-ring (bicyclic) bond motifs is 1. The molecule has 4 rings (SSSR count). The first-order chi connectivity index (χ1) is 13.0. The van der Waals surface area contributed by atoms with E-state index in [4.69, 9.17) is 11.6 Å². The number of aryl methyl sites for hydroxylation is 2. The number of aromatic nitrogens is 4. The Morgan fingerprint density at radius 1 is 1.07 bits per heavy atom. The largest absolute Gasteiger partial charge is 0.342 e. The third kappa shape index (κ3) is 3.06. The monoisotopic (exact) mass is 387 g/mol. The number of nitrogens with zero attached hydrogens (tertiary/aromatic N) is 5. The number of rotatable bonds is 3. The van der Waals surface area contributed by atoms with Crippen molar-refractivity contribution in [1.29, 1.82) is 0 Å². The highest BCUT2D eigenvalue weighted by atomic mass is 35.5. The van der Waals surface area contributed by atoms with Crippen molar-refractivity contribution < 1.29 is 0 Å². The second kappa shape index (κ2) is 6.88. The molecule has 0 amide bonds. The Balaban J connectivity index is 1.88. The fraction of sp³-hybridized carbons (Fsp3) is 0.421. The molecule has 0 atom stereocenters. The van der Waals surface area contributed by atoms with Crippen LogP contribution in [0.15, 0.2) is 33.9 Å². The van der Waals surface area contributed by atoms with Gasteiger partial charge in [-0.3, -0.25) is 13.9 Å². The molecule has 27 heavy (non-hydrogen) atoms. The van der Waals surface area contributed by atoms with E-state index in [1.54, 1.807) is 19.2 Å². The fourth-order valence-electron chi connectivity index (χ4n) is 3.77. The molecule has 1 saturated heterocycles. The molecule has 1 aliphatic heterocycles. The fourth-order valence-corrected chi connectivity index (χ4v) is 3.98. The smallest absolute Gasteiger partial charge is 0.332 e. The highest BCUT2D eigenvalue weighted by Crippen LogP contribution is 2.21. The lowest BCUT2D eigenvalue weighted by Crippen LogP contribution is -2.39. The molecule has 0 bridgehead atoms. The minimum absolute atomic E-state index is 0.173. The van der Waals surface area contributed by atoms with Crippen molar-refractivity contribution in [1.82, 2.24) is 18.7 Å². The van der Waals surface area contributed by atoms with E-state index in [-0.39, 0.29) is 17.8 Å². The molecule has 0 spiro atoms. The van der Waals surface area contributed by atoms with E-state index in [0.29, 0.717) is 16.2 Å². The van der Waals surface area contributed by atoms with Crippen LogP contribution in [-0.2, 0) is 20.6 Å². The molecule has 1 aromatic carbocycles. The van der Waals surface area contributed by atoms with Crippen molar-refractivity contribution in [2.75, 3.05) is 18.0 Å². The lowest BCUT2D eigenvalue weighted by atomic mass is 10.1. The predicted molar refractivity (Wildman–Crippen MR) is 107 cm³/mol. The first-order valence-electron chi connectivity index (χ1n) is 9.13. The van der Waals surface area contributed by atoms with Crippen molar-refractivity contribution in [3.05, 3.63) is 55.7 Å². The number of hydrogen-bond donors (Lipinski definition) is 0. The van der Waals surface area contributed by atoms with Gasteiger partial charge in [-0.05, 0) is 37.0 Å². The first kappa shape index (κ1) is 17.9. The van der Waals surface area contributed by atoms with Crippen LogP contribution in [0.2, 0.25) is 5.02 Å². The molecule has 2 aromatic heterocycles. The molecule has 1 aliphatic rings. The molecule has 0 unspecified atom stereocenters. The van der Waals surface area contributed by atoms with Crippen molar-refractivity contribution in [3.63, 3.8) is 0 Å². The Hall–Kier alpha value is -2.54. The molecule has 3 aromatic rings. The SMILES string of the molecule is Cn1c(N2CCCCC2)nc2c1c(=O)n(Cc1cccc(Cl)c1)c(=O)n2C. The van der Waals surface area contributed by atoms with E-state index in [2.05, 4.69) is 9.88 Å². The van der Waals surface area contributed by atoms with Gasteiger partial charge in [-0.25, -0.2) is 4.79 Å². The Morgan fingerprint density at radius 2 is 1.81 bits per heavy atom. The summed E-state index contributed by atoms with van der Waals surface area (Å²) in [6.45, 7) is 2.01. The van der Waals surface area contributed by atoms with Gasteiger partial charge in [0.25, 0.3) is 5.56 Å². The summed E-state index contributed by atoms with van der Waals surface area (Å²) in [4.78, 5) is 32.8. The molecule has 8 heteroatoms. The Labute approximate surface area is 161 Å². The maximum absolute atomic E-state index is 13.1. The Morgan fingerprint density at radius 3 is 2.52 bits per heavy atom. The van der Waals surface area contributed by atoms with Gasteiger partial charge >= 0.3 is 5.69 Å². The van der Waals surface area contributed by atoms with Crippen LogP contribution in [0.3, 0.4) is 0 Å². The highest BCUT2D eigenvalue weighted by molar-refractivity contribution is 6.30. The summed E-state index contributed by atoms with van der Waals surface area (Å²) >= 11 is 6.04. The lowest BCUT2D eigenvalue weighted by molar-refractivity contribution is 0.563. The zero-order valence-corrected chi connectivity index (χ0v) is 16.2. The van der Waals surface area contributed by atoms with Gasteiger partial charge in [0.15, 0.2) is 11.2 Å². The maximum Gasteiger partial charge on any atom is 0.332 e. The van der Waals surface area contributed by atoms with E-state index in [9.17, 15) is 9.59 Å². The number of piperidine rings is 1. The molecule has 1 fully saturated rings. The molecule has 0 radical (unpaired) electrons. The summed E-state index contributed by atoms with van der Waals surface area (Å²) in [6, 6.07) is 7.19. The van der Waals surface area contributed by atoms with Gasteiger partial charge in [0.2, 0.25) is 5.95 Å². The molecular formula is C19H22ClN5O2. The number of imidazole rings is 1. The Bertz CT molecular complexity index is 1120. The van der Waals surface area contributed by atoms with Crippen LogP contribution in [0.4, 0.5) is 5.95 Å². The lowest BCUT2D eigenvalue weighted by Gasteiger charge is -2.27. The first-order valence-corrected chi connectivity index (χ1v) is 9.51. The summed E-state index contributed by atoms with van der Waals surface area (Å²) in [5.74, 6) is 0.748. The summed E-state index contributed by atoms with van der Waals surface area (Å²) in [5.41, 5.74) is 0.969. The number of halogens is 1. The van der Waals surface area contributed by atoms with Gasteiger partial charge < -0.3 is 9.47 Å². The van der Waals surface area contributed by atoms with Crippen molar-refractivity contribution in [2.24, 2.45) is 14.1 Å². The predicted octanol–water partition coefficient (Wildman–Crippen LogP) is 2.13. The van der Waals surface area contributed by atoms with E-state index >= 15 is 0 Å². The van der Waals surface area contributed by atoms with E-state index in [1.165, 1.54) is 15.6 Å². The normalized spacial score (nSPS) is 14.9. The average molecular weight is 388 g/mol. The van der Waals surface area contributed by atoms with Crippen LogP contribution in [0.1, 0.15) is 24.8 Å². The Kier molecular flexibility index (Phi) is 4.55. The zero-order valence-electron chi connectivity index (χ0n) is 15.5. The molecule has 0 saturated carbocycles. The minimum Gasteiger partial charge on any atom is -0.342 e. The van der Waals surface area contributed by atoms with Gasteiger partial charge in [-0.2, -0.15) is 4.98 Å². The highest BCUT2D eigenvalue weighted by Gasteiger charge is 2.22. The average Bonchev–Trinajstić information content (AvgIpc) is 3.02. The molecule has 142 valence electrons. The second-order valence-electron chi connectivity index (χ2n) is 7.05. The van der Waals surface area contributed by atoms with Crippen molar-refractivity contribution in [3.8, 4) is 0 Å². The molecular weight excluding hydrogens is 366 g/mol. The quantitative estimate of drug-likeness (QED) is 0.690. The second-order valence-corrected chi connectivity index (χ2v) is 7.49. The summed E-state index contributed by atoms with van der Waals surface area (Å²) in [6.07, 6.45) is 3.44. The number of hydrogen-bond acceptors (Lipinski definition) is 4. The molecule has 0 aliphatic carbocycles. The van der Waals surface area contributed by atoms with Gasteiger partial charge in [-0.15, -0.1) is 0 Å². The number of anilines is 1. The maximum atomic E-state index is 13.1. The van der Waals surface area contributed by atoms with Crippen LogP contribution >= 0.6 is 11.6 Å². The molecule has 7 nitrogen and oxygen atoms in total. The van der Waals surface area contributed by atoms with Crippen LogP contribution in [0, 0.1) is 0 Å². The van der Waals surface area contributed by atoms with Gasteiger partial charge in [0.05, 0.1) is 6.54 Å². The van der Waals surface area contributed by atoms with Crippen LogP contribution in [0.25, 0.3) is 11.2 Å². The van der Waals surface area contributed by atoms with Gasteiger partial charge in [0, 0.05) is 32.2 Å².